The van der Waals surface area contributed by atoms with Crippen LogP contribution in [0.1, 0.15) is 31.4 Å². The van der Waals surface area contributed by atoms with Crippen molar-refractivity contribution in [2.45, 2.75) is 39.3 Å². The Balaban J connectivity index is 2.06. The Morgan fingerprint density at radius 1 is 0.875 bits per heavy atom. The van der Waals surface area contributed by atoms with Crippen molar-refractivity contribution in [1.82, 2.24) is 0 Å². The molecule has 2 rings (SSSR count). The van der Waals surface area contributed by atoms with Gasteiger partial charge in [-0.2, -0.15) is 0 Å². The first kappa shape index (κ1) is 18.9. The van der Waals surface area contributed by atoms with Crippen molar-refractivity contribution >= 4 is 7.60 Å². The summed E-state index contributed by atoms with van der Waals surface area (Å²) < 4.78 is 24.3. The van der Waals surface area contributed by atoms with Crippen LogP contribution in [0.2, 0.25) is 0 Å². The highest BCUT2D eigenvalue weighted by Crippen LogP contribution is 2.55. The second-order valence-corrected chi connectivity index (χ2v) is 8.36. The van der Waals surface area contributed by atoms with E-state index < -0.39 is 13.4 Å². The third-order valence-electron chi connectivity index (χ3n) is 3.56. The molecule has 24 heavy (non-hydrogen) atoms. The summed E-state index contributed by atoms with van der Waals surface area (Å²) in [6.07, 6.45) is 0.362. The topological polar surface area (TPSA) is 55.8 Å². The molecule has 0 spiro atoms. The minimum atomic E-state index is -3.64. The summed E-state index contributed by atoms with van der Waals surface area (Å²) >= 11 is 0. The van der Waals surface area contributed by atoms with Gasteiger partial charge >= 0.3 is 7.60 Å². The summed E-state index contributed by atoms with van der Waals surface area (Å²) in [7, 11) is -3.64. The van der Waals surface area contributed by atoms with E-state index in [9.17, 15) is 9.67 Å². The average molecular weight is 348 g/mol. The molecule has 0 radical (unpaired) electrons. The third kappa shape index (κ3) is 5.88. The molecule has 0 heterocycles. The molecule has 130 valence electrons. The van der Waals surface area contributed by atoms with Crippen LogP contribution >= 0.6 is 7.60 Å². The van der Waals surface area contributed by atoms with Crippen LogP contribution in [-0.4, -0.2) is 11.0 Å². The average Bonchev–Trinajstić information content (AvgIpc) is 2.59. The first-order valence-corrected chi connectivity index (χ1v) is 9.75. The molecule has 5 heteroatoms. The van der Waals surface area contributed by atoms with Gasteiger partial charge in [0.05, 0.1) is 13.2 Å². The van der Waals surface area contributed by atoms with Crippen LogP contribution in [0.25, 0.3) is 0 Å². The Morgan fingerprint density at radius 3 is 1.67 bits per heavy atom. The number of aliphatic hydroxyl groups is 1. The van der Waals surface area contributed by atoms with Crippen molar-refractivity contribution in [2.75, 3.05) is 0 Å². The molecule has 0 unspecified atom stereocenters. The third-order valence-corrected chi connectivity index (χ3v) is 5.47. The van der Waals surface area contributed by atoms with E-state index in [1.54, 1.807) is 0 Å². The molecule has 2 aromatic carbocycles. The van der Waals surface area contributed by atoms with E-state index >= 15 is 0 Å². The summed E-state index contributed by atoms with van der Waals surface area (Å²) in [5, 5.41) is 10.4. The van der Waals surface area contributed by atoms with Gasteiger partial charge in [-0.3, -0.25) is 4.57 Å². The van der Waals surface area contributed by atoms with Crippen LogP contribution in [0.15, 0.2) is 60.7 Å². The number of hydrogen-bond donors (Lipinski definition) is 1. The molecule has 2 aromatic rings. The van der Waals surface area contributed by atoms with Gasteiger partial charge in [0.1, 0.15) is 0 Å². The maximum Gasteiger partial charge on any atom is 0.359 e. The smallest absolute Gasteiger partial charge is 0.359 e. The minimum Gasteiger partial charge on any atom is -0.380 e. The highest BCUT2D eigenvalue weighted by molar-refractivity contribution is 7.54. The lowest BCUT2D eigenvalue weighted by atomic mass is 10.1. The SMILES string of the molecule is CC(C)C[C@@H](O)P(=O)(OCc1ccccc1)OCc1ccccc1. The fraction of sp³-hybridized carbons (Fsp3) is 0.368. The minimum absolute atomic E-state index is 0.141. The molecule has 0 saturated heterocycles. The molecule has 0 aliphatic heterocycles. The molecule has 4 nitrogen and oxygen atoms in total. The normalized spacial score (nSPS) is 13.2. The Labute approximate surface area is 144 Å². The first-order chi connectivity index (χ1) is 11.5. The molecule has 0 saturated carbocycles. The van der Waals surface area contributed by atoms with Crippen LogP contribution in [0.3, 0.4) is 0 Å². The zero-order valence-corrected chi connectivity index (χ0v) is 15.1. The lowest BCUT2D eigenvalue weighted by Crippen LogP contribution is -2.15. The molecule has 0 amide bonds. The largest absolute Gasteiger partial charge is 0.380 e. The van der Waals surface area contributed by atoms with Crippen molar-refractivity contribution in [3.63, 3.8) is 0 Å². The van der Waals surface area contributed by atoms with Crippen molar-refractivity contribution < 1.29 is 18.7 Å². The van der Waals surface area contributed by atoms with E-state index in [1.807, 2.05) is 74.5 Å². The summed E-state index contributed by atoms with van der Waals surface area (Å²) in [6.45, 7) is 4.20. The molecule has 0 aromatic heterocycles. The fourth-order valence-corrected chi connectivity index (χ4v) is 3.99. The molecule has 1 atom stereocenters. The predicted octanol–water partition coefficient (Wildman–Crippen LogP) is 4.98. The van der Waals surface area contributed by atoms with Crippen molar-refractivity contribution in [3.05, 3.63) is 71.8 Å². The highest BCUT2D eigenvalue weighted by atomic mass is 31.2. The Kier molecular flexibility index (Phi) is 7.19. The Morgan fingerprint density at radius 2 is 1.29 bits per heavy atom. The van der Waals surface area contributed by atoms with Crippen molar-refractivity contribution in [3.8, 4) is 0 Å². The van der Waals surface area contributed by atoms with Gasteiger partial charge in [-0.05, 0) is 23.5 Å². The predicted molar refractivity (Wildman–Crippen MR) is 95.5 cm³/mol. The quantitative estimate of drug-likeness (QED) is 0.650. The summed E-state index contributed by atoms with van der Waals surface area (Å²) in [4.78, 5) is 0. The van der Waals surface area contributed by atoms with E-state index in [4.69, 9.17) is 9.05 Å². The maximum absolute atomic E-state index is 13.1. The van der Waals surface area contributed by atoms with Gasteiger partial charge < -0.3 is 14.2 Å². The standard InChI is InChI=1S/C19H25O4P/c1-16(2)13-19(20)24(21,22-14-17-9-5-3-6-10-17)23-15-18-11-7-4-8-12-18/h3-12,16,19-20H,13-15H2,1-2H3/t19-/m0/s1. The van der Waals surface area contributed by atoms with E-state index in [0.717, 1.165) is 11.1 Å². The van der Waals surface area contributed by atoms with E-state index in [0.29, 0.717) is 6.42 Å². The lowest BCUT2D eigenvalue weighted by Gasteiger charge is -2.24. The van der Waals surface area contributed by atoms with Gasteiger partial charge in [-0.1, -0.05) is 74.5 Å². The Hall–Kier alpha value is -1.45. The molecule has 1 N–H and O–H groups in total. The molecular formula is C19H25O4P. The lowest BCUT2D eigenvalue weighted by molar-refractivity contribution is 0.122. The second kappa shape index (κ2) is 9.14. The van der Waals surface area contributed by atoms with E-state index in [2.05, 4.69) is 0 Å². The first-order valence-electron chi connectivity index (χ1n) is 8.14. The highest BCUT2D eigenvalue weighted by Gasteiger charge is 2.35. The van der Waals surface area contributed by atoms with Crippen molar-refractivity contribution in [2.24, 2.45) is 5.92 Å². The van der Waals surface area contributed by atoms with Gasteiger partial charge in [0, 0.05) is 0 Å². The Bertz CT molecular complexity index is 595. The summed E-state index contributed by atoms with van der Waals surface area (Å²) in [6, 6.07) is 18.9. The summed E-state index contributed by atoms with van der Waals surface area (Å²) in [5.41, 5.74) is 1.77. The fourth-order valence-electron chi connectivity index (χ4n) is 2.24. The van der Waals surface area contributed by atoms with E-state index in [1.165, 1.54) is 0 Å². The number of benzene rings is 2. The maximum atomic E-state index is 13.1. The summed E-state index contributed by atoms with van der Waals surface area (Å²) in [5.74, 6) is -0.945. The van der Waals surface area contributed by atoms with Gasteiger partial charge in [-0.25, -0.2) is 0 Å². The molecular weight excluding hydrogens is 323 g/mol. The van der Waals surface area contributed by atoms with Crippen LogP contribution in [0.5, 0.6) is 0 Å². The molecule has 0 bridgehead atoms. The second-order valence-electron chi connectivity index (χ2n) is 6.17. The molecule has 0 aliphatic carbocycles. The van der Waals surface area contributed by atoms with Gasteiger partial charge in [0.15, 0.2) is 5.85 Å². The number of hydrogen-bond acceptors (Lipinski definition) is 4. The van der Waals surface area contributed by atoms with Crippen LogP contribution < -0.4 is 0 Å². The number of aliphatic hydroxyl groups excluding tert-OH is 1. The van der Waals surface area contributed by atoms with Gasteiger partial charge in [0.2, 0.25) is 0 Å². The zero-order valence-electron chi connectivity index (χ0n) is 14.2. The zero-order chi connectivity index (χ0) is 17.4. The number of rotatable bonds is 9. The monoisotopic (exact) mass is 348 g/mol. The van der Waals surface area contributed by atoms with Crippen LogP contribution in [0, 0.1) is 5.92 Å². The van der Waals surface area contributed by atoms with E-state index in [-0.39, 0.29) is 19.1 Å². The molecule has 0 fully saturated rings. The van der Waals surface area contributed by atoms with Gasteiger partial charge in [-0.15, -0.1) is 0 Å². The molecule has 0 aliphatic rings. The van der Waals surface area contributed by atoms with Gasteiger partial charge in [0.25, 0.3) is 0 Å². The van der Waals surface area contributed by atoms with Crippen LogP contribution in [0.4, 0.5) is 0 Å². The van der Waals surface area contributed by atoms with Crippen molar-refractivity contribution in [1.29, 1.82) is 0 Å². The van der Waals surface area contributed by atoms with Crippen LogP contribution in [-0.2, 0) is 26.8 Å².